The van der Waals surface area contributed by atoms with Crippen molar-refractivity contribution in [3.05, 3.63) is 94.8 Å². The van der Waals surface area contributed by atoms with Crippen LogP contribution in [-0.2, 0) is 13.1 Å². The van der Waals surface area contributed by atoms with Crippen molar-refractivity contribution in [3.8, 4) is 5.75 Å². The maximum absolute atomic E-state index is 12.6. The summed E-state index contributed by atoms with van der Waals surface area (Å²) in [4.78, 5) is 17.3. The summed E-state index contributed by atoms with van der Waals surface area (Å²) in [5.74, 6) is 1.58. The fourth-order valence-corrected chi connectivity index (χ4v) is 3.78. The van der Waals surface area contributed by atoms with Crippen molar-refractivity contribution in [3.63, 3.8) is 0 Å². The molecule has 4 aromatic rings. The molecule has 0 aliphatic heterocycles. The number of fused-ring (bicyclic) bond motifs is 1. The van der Waals surface area contributed by atoms with E-state index in [0.29, 0.717) is 23.7 Å². The zero-order valence-electron chi connectivity index (χ0n) is 18.1. The topological polar surface area (TPSA) is 56.2 Å². The zero-order valence-corrected chi connectivity index (χ0v) is 18.8. The summed E-state index contributed by atoms with van der Waals surface area (Å²) < 4.78 is 7.98. The molecule has 4 rings (SSSR count). The van der Waals surface area contributed by atoms with E-state index in [1.54, 1.807) is 0 Å². The van der Waals surface area contributed by atoms with E-state index < -0.39 is 0 Å². The number of aryl methyl sites for hydroxylation is 2. The number of nitrogens with one attached hydrogen (secondary N) is 1. The molecule has 0 spiro atoms. The maximum atomic E-state index is 12.6. The van der Waals surface area contributed by atoms with Crippen LogP contribution < -0.4 is 10.1 Å². The fraction of sp³-hybridized carbons (Fsp3) is 0.231. The number of carbonyl (C=O) groups is 1. The second-order valence-electron chi connectivity index (χ2n) is 7.73. The molecule has 1 aromatic heterocycles. The third kappa shape index (κ3) is 5.48. The lowest BCUT2D eigenvalue weighted by Crippen LogP contribution is -2.25. The molecule has 0 aliphatic carbocycles. The van der Waals surface area contributed by atoms with Gasteiger partial charge in [0.15, 0.2) is 0 Å². The first-order valence-corrected chi connectivity index (χ1v) is 11.2. The van der Waals surface area contributed by atoms with E-state index in [-0.39, 0.29) is 5.91 Å². The highest BCUT2D eigenvalue weighted by atomic mass is 35.5. The number of benzene rings is 3. The van der Waals surface area contributed by atoms with Crippen molar-refractivity contribution in [2.75, 3.05) is 6.61 Å². The highest BCUT2D eigenvalue weighted by molar-refractivity contribution is 6.30. The Morgan fingerprint density at radius 1 is 1.03 bits per heavy atom. The molecule has 0 radical (unpaired) electrons. The molecule has 32 heavy (non-hydrogen) atoms. The van der Waals surface area contributed by atoms with Gasteiger partial charge in [0.25, 0.3) is 5.91 Å². The van der Waals surface area contributed by atoms with Crippen LogP contribution >= 0.6 is 11.6 Å². The molecule has 5 nitrogen and oxygen atoms in total. The first-order valence-electron chi connectivity index (χ1n) is 10.8. The Balaban J connectivity index is 1.37. The van der Waals surface area contributed by atoms with Crippen LogP contribution in [0.1, 0.15) is 34.6 Å². The summed E-state index contributed by atoms with van der Waals surface area (Å²) in [5, 5.41) is 3.71. The molecule has 0 unspecified atom stereocenters. The van der Waals surface area contributed by atoms with Crippen molar-refractivity contribution < 1.29 is 9.53 Å². The van der Waals surface area contributed by atoms with Crippen molar-refractivity contribution in [1.29, 1.82) is 0 Å². The number of aromatic nitrogens is 2. The number of rotatable bonds is 9. The minimum atomic E-state index is -0.0938. The smallest absolute Gasteiger partial charge is 0.251 e. The third-order valence-corrected chi connectivity index (χ3v) is 5.53. The van der Waals surface area contributed by atoms with Gasteiger partial charge in [-0.25, -0.2) is 4.98 Å². The van der Waals surface area contributed by atoms with Crippen LogP contribution in [0.5, 0.6) is 5.75 Å². The molecule has 0 atom stereocenters. The molecule has 1 heterocycles. The fourth-order valence-electron chi connectivity index (χ4n) is 3.65. The number of unbranched alkanes of at least 4 members (excludes halogenated alkanes) is 1. The van der Waals surface area contributed by atoms with Crippen LogP contribution in [0.25, 0.3) is 11.0 Å². The van der Waals surface area contributed by atoms with E-state index in [9.17, 15) is 4.79 Å². The Morgan fingerprint density at radius 2 is 1.84 bits per heavy atom. The maximum Gasteiger partial charge on any atom is 0.251 e. The van der Waals surface area contributed by atoms with Gasteiger partial charge in [-0.3, -0.25) is 4.79 Å². The summed E-state index contributed by atoms with van der Waals surface area (Å²) in [7, 11) is 0. The SMILES string of the molecule is Cc1cccc(C(=O)NCc2nc3ccccc3n2CCCCOc2ccc(Cl)cc2)c1. The van der Waals surface area contributed by atoms with Gasteiger partial charge in [-0.15, -0.1) is 0 Å². The molecular weight excluding hydrogens is 422 g/mol. The molecule has 0 aliphatic rings. The highest BCUT2D eigenvalue weighted by Gasteiger charge is 2.12. The van der Waals surface area contributed by atoms with Gasteiger partial charge in [0.05, 0.1) is 24.2 Å². The number of para-hydroxylation sites is 2. The summed E-state index contributed by atoms with van der Waals surface area (Å²) in [6, 6.07) is 23.1. The Labute approximate surface area is 193 Å². The number of nitrogens with zero attached hydrogens (tertiary/aromatic N) is 2. The molecule has 6 heteroatoms. The lowest BCUT2D eigenvalue weighted by Gasteiger charge is -2.11. The first kappa shape index (κ1) is 21.9. The molecule has 3 aromatic carbocycles. The normalized spacial score (nSPS) is 10.9. The van der Waals surface area contributed by atoms with Gasteiger partial charge in [0.2, 0.25) is 0 Å². The van der Waals surface area contributed by atoms with Crippen LogP contribution in [0.4, 0.5) is 0 Å². The molecule has 0 saturated heterocycles. The van der Waals surface area contributed by atoms with E-state index in [1.165, 1.54) is 0 Å². The summed E-state index contributed by atoms with van der Waals surface area (Å²) >= 11 is 5.91. The Kier molecular flexibility index (Phi) is 7.07. The lowest BCUT2D eigenvalue weighted by molar-refractivity contribution is 0.0949. The predicted molar refractivity (Wildman–Crippen MR) is 128 cm³/mol. The van der Waals surface area contributed by atoms with E-state index in [0.717, 1.165) is 47.6 Å². The van der Waals surface area contributed by atoms with Crippen LogP contribution in [0.15, 0.2) is 72.8 Å². The lowest BCUT2D eigenvalue weighted by atomic mass is 10.1. The van der Waals surface area contributed by atoms with E-state index in [1.807, 2.05) is 73.7 Å². The first-order chi connectivity index (χ1) is 15.6. The molecular formula is C26H26ClN3O2. The summed E-state index contributed by atoms with van der Waals surface area (Å²) in [5.41, 5.74) is 3.73. The molecule has 0 saturated carbocycles. The van der Waals surface area contributed by atoms with Crippen molar-refractivity contribution in [1.82, 2.24) is 14.9 Å². The number of amides is 1. The number of hydrogen-bond donors (Lipinski definition) is 1. The molecule has 0 fully saturated rings. The van der Waals surface area contributed by atoms with Crippen LogP contribution in [0.3, 0.4) is 0 Å². The Bertz CT molecular complexity index is 1200. The van der Waals surface area contributed by atoms with Crippen LogP contribution in [-0.4, -0.2) is 22.1 Å². The minimum Gasteiger partial charge on any atom is -0.494 e. The number of imidazole rings is 1. The van der Waals surface area contributed by atoms with Gasteiger partial charge in [0.1, 0.15) is 11.6 Å². The Morgan fingerprint density at radius 3 is 2.66 bits per heavy atom. The van der Waals surface area contributed by atoms with Crippen LogP contribution in [0, 0.1) is 6.92 Å². The number of carbonyl (C=O) groups excluding carboxylic acids is 1. The average molecular weight is 448 g/mol. The second-order valence-corrected chi connectivity index (χ2v) is 8.17. The summed E-state index contributed by atoms with van der Waals surface area (Å²) in [6.07, 6.45) is 1.84. The van der Waals surface area contributed by atoms with E-state index >= 15 is 0 Å². The highest BCUT2D eigenvalue weighted by Crippen LogP contribution is 2.18. The third-order valence-electron chi connectivity index (χ3n) is 5.28. The van der Waals surface area contributed by atoms with Crippen molar-refractivity contribution >= 4 is 28.5 Å². The quantitative estimate of drug-likeness (QED) is 0.330. The monoisotopic (exact) mass is 447 g/mol. The summed E-state index contributed by atoms with van der Waals surface area (Å²) in [6.45, 7) is 3.80. The van der Waals surface area contributed by atoms with Gasteiger partial charge in [-0.05, 0) is 68.3 Å². The van der Waals surface area contributed by atoms with E-state index in [2.05, 4.69) is 16.0 Å². The number of halogens is 1. The molecule has 1 N–H and O–H groups in total. The largest absolute Gasteiger partial charge is 0.494 e. The molecule has 164 valence electrons. The predicted octanol–water partition coefficient (Wildman–Crippen LogP) is 5.79. The van der Waals surface area contributed by atoms with Crippen LogP contribution in [0.2, 0.25) is 5.02 Å². The number of ether oxygens (including phenoxy) is 1. The molecule has 1 amide bonds. The zero-order chi connectivity index (χ0) is 22.3. The van der Waals surface area contributed by atoms with Gasteiger partial charge < -0.3 is 14.6 Å². The van der Waals surface area contributed by atoms with Gasteiger partial charge >= 0.3 is 0 Å². The molecule has 0 bridgehead atoms. The van der Waals surface area contributed by atoms with Gasteiger partial charge in [-0.1, -0.05) is 41.4 Å². The van der Waals surface area contributed by atoms with Crippen molar-refractivity contribution in [2.24, 2.45) is 0 Å². The van der Waals surface area contributed by atoms with Crippen molar-refractivity contribution in [2.45, 2.75) is 32.9 Å². The second kappa shape index (κ2) is 10.3. The average Bonchev–Trinajstić information content (AvgIpc) is 3.16. The Hall–Kier alpha value is -3.31. The van der Waals surface area contributed by atoms with Gasteiger partial charge in [0, 0.05) is 17.1 Å². The van der Waals surface area contributed by atoms with E-state index in [4.69, 9.17) is 21.3 Å². The van der Waals surface area contributed by atoms with Gasteiger partial charge in [-0.2, -0.15) is 0 Å². The minimum absolute atomic E-state index is 0.0938. The number of hydrogen-bond acceptors (Lipinski definition) is 3. The standard InChI is InChI=1S/C26H26ClN3O2/c1-19-7-6-8-20(17-19)26(31)28-18-25-29-23-9-2-3-10-24(23)30(25)15-4-5-16-32-22-13-11-21(27)12-14-22/h2-3,6-14,17H,4-5,15-16,18H2,1H3,(H,28,31).